The Morgan fingerprint density at radius 2 is 2.23 bits per heavy atom. The molecule has 0 atom stereocenters. The number of amides is 1. The van der Waals surface area contributed by atoms with E-state index in [1.807, 2.05) is 41.7 Å². The lowest BCUT2D eigenvalue weighted by molar-refractivity contribution is -0.120. The topological polar surface area (TPSA) is 78.9 Å². The van der Waals surface area contributed by atoms with Crippen molar-refractivity contribution >= 4 is 52.9 Å². The number of thiophene rings is 1. The standard InChI is InChI=1S/C20H24N6O2S.HI/c1-24-14-16(12-23-24)26-9-8-25(15-19(26)27)20(22-13-18-5-3-11-29-18)21-7-6-17-4-2-10-28-17;/h2-5,10-12,14H,6-9,13,15H2,1H3,(H,21,22);1H. The first-order valence-corrected chi connectivity index (χ1v) is 10.4. The number of halogens is 1. The number of anilines is 1. The van der Waals surface area contributed by atoms with Crippen molar-refractivity contribution in [3.05, 3.63) is 58.9 Å². The summed E-state index contributed by atoms with van der Waals surface area (Å²) in [6.07, 6.45) is 6.02. The molecule has 10 heteroatoms. The third-order valence-electron chi connectivity index (χ3n) is 4.72. The second kappa shape index (κ2) is 10.6. The average Bonchev–Trinajstić information content (AvgIpc) is 3.47. The Bertz CT molecular complexity index is 954. The van der Waals surface area contributed by atoms with Gasteiger partial charge in [0.05, 0.1) is 24.7 Å². The van der Waals surface area contributed by atoms with E-state index < -0.39 is 0 Å². The van der Waals surface area contributed by atoms with Crippen molar-refractivity contribution < 1.29 is 9.21 Å². The summed E-state index contributed by atoms with van der Waals surface area (Å²) in [4.78, 5) is 22.5. The van der Waals surface area contributed by atoms with E-state index in [9.17, 15) is 4.79 Å². The molecule has 0 aliphatic carbocycles. The number of nitrogens with one attached hydrogen (secondary N) is 1. The number of aliphatic imine (C=N–C) groups is 1. The van der Waals surface area contributed by atoms with E-state index in [2.05, 4.69) is 16.5 Å². The normalized spacial score (nSPS) is 14.7. The van der Waals surface area contributed by atoms with Gasteiger partial charge in [0, 0.05) is 44.2 Å². The van der Waals surface area contributed by atoms with Gasteiger partial charge in [0.15, 0.2) is 5.96 Å². The van der Waals surface area contributed by atoms with Gasteiger partial charge in [-0.2, -0.15) is 5.10 Å². The maximum atomic E-state index is 12.8. The summed E-state index contributed by atoms with van der Waals surface area (Å²) < 4.78 is 7.11. The van der Waals surface area contributed by atoms with E-state index in [1.54, 1.807) is 33.4 Å². The maximum Gasteiger partial charge on any atom is 0.246 e. The fourth-order valence-electron chi connectivity index (χ4n) is 3.25. The molecule has 0 radical (unpaired) electrons. The summed E-state index contributed by atoms with van der Waals surface area (Å²) in [5, 5.41) is 9.62. The van der Waals surface area contributed by atoms with Gasteiger partial charge in [-0.3, -0.25) is 9.48 Å². The van der Waals surface area contributed by atoms with Gasteiger partial charge < -0.3 is 19.5 Å². The second-order valence-corrected chi connectivity index (χ2v) is 7.85. The molecule has 0 saturated carbocycles. The summed E-state index contributed by atoms with van der Waals surface area (Å²) in [7, 11) is 1.85. The van der Waals surface area contributed by atoms with Crippen molar-refractivity contribution in [2.45, 2.75) is 13.0 Å². The number of piperazine rings is 1. The van der Waals surface area contributed by atoms with Crippen LogP contribution in [0.25, 0.3) is 0 Å². The van der Waals surface area contributed by atoms with E-state index in [1.165, 1.54) is 4.88 Å². The Kier molecular flexibility index (Phi) is 7.91. The molecule has 1 amide bonds. The number of nitrogens with zero attached hydrogens (tertiary/aromatic N) is 5. The van der Waals surface area contributed by atoms with Gasteiger partial charge in [0.25, 0.3) is 0 Å². The summed E-state index contributed by atoms with van der Waals surface area (Å²) in [6.45, 7) is 2.87. The Morgan fingerprint density at radius 3 is 2.90 bits per heavy atom. The highest BCUT2D eigenvalue weighted by molar-refractivity contribution is 14.0. The van der Waals surface area contributed by atoms with Gasteiger partial charge in [-0.25, -0.2) is 4.99 Å². The maximum absolute atomic E-state index is 12.8. The predicted octanol–water partition coefficient (Wildman–Crippen LogP) is 2.73. The van der Waals surface area contributed by atoms with Gasteiger partial charge in [0.2, 0.25) is 5.91 Å². The molecule has 1 aliphatic rings. The zero-order valence-electron chi connectivity index (χ0n) is 16.7. The quantitative estimate of drug-likeness (QED) is 0.296. The van der Waals surface area contributed by atoms with Crippen LogP contribution in [-0.4, -0.2) is 52.7 Å². The van der Waals surface area contributed by atoms with Gasteiger partial charge >= 0.3 is 0 Å². The van der Waals surface area contributed by atoms with Crippen LogP contribution >= 0.6 is 35.3 Å². The Balaban J connectivity index is 0.00000256. The van der Waals surface area contributed by atoms with E-state index in [0.29, 0.717) is 26.2 Å². The highest BCUT2D eigenvalue weighted by atomic mass is 127. The number of aryl methyl sites for hydroxylation is 1. The number of aromatic nitrogens is 2. The number of guanidine groups is 1. The molecule has 8 nitrogen and oxygen atoms in total. The van der Waals surface area contributed by atoms with Gasteiger partial charge in [-0.15, -0.1) is 35.3 Å². The SMILES string of the molecule is Cn1cc(N2CCN(C(=NCc3cccs3)NCCc3ccco3)CC2=O)cn1.I. The molecule has 4 heterocycles. The number of rotatable bonds is 6. The van der Waals surface area contributed by atoms with E-state index in [0.717, 1.165) is 23.8 Å². The Labute approximate surface area is 196 Å². The van der Waals surface area contributed by atoms with Crippen molar-refractivity contribution in [2.75, 3.05) is 31.1 Å². The van der Waals surface area contributed by atoms with Crippen LogP contribution < -0.4 is 10.2 Å². The highest BCUT2D eigenvalue weighted by Gasteiger charge is 2.27. The molecule has 1 saturated heterocycles. The zero-order chi connectivity index (χ0) is 20.1. The monoisotopic (exact) mass is 540 g/mol. The molecule has 0 bridgehead atoms. The molecule has 1 fully saturated rings. The summed E-state index contributed by atoms with van der Waals surface area (Å²) in [5.41, 5.74) is 0.833. The zero-order valence-corrected chi connectivity index (χ0v) is 19.9. The van der Waals surface area contributed by atoms with Crippen molar-refractivity contribution in [3.63, 3.8) is 0 Å². The van der Waals surface area contributed by atoms with Crippen molar-refractivity contribution in [1.82, 2.24) is 20.0 Å². The van der Waals surface area contributed by atoms with Crippen molar-refractivity contribution in [3.8, 4) is 0 Å². The number of furan rings is 1. The van der Waals surface area contributed by atoms with Crippen molar-refractivity contribution in [2.24, 2.45) is 12.0 Å². The molecule has 3 aromatic heterocycles. The lowest BCUT2D eigenvalue weighted by Gasteiger charge is -2.35. The summed E-state index contributed by atoms with van der Waals surface area (Å²) in [5.74, 6) is 1.72. The minimum atomic E-state index is 0. The van der Waals surface area contributed by atoms with Crippen LogP contribution in [0.15, 0.2) is 57.7 Å². The third-order valence-corrected chi connectivity index (χ3v) is 5.58. The van der Waals surface area contributed by atoms with E-state index in [-0.39, 0.29) is 36.4 Å². The van der Waals surface area contributed by atoms with Gasteiger partial charge in [-0.1, -0.05) is 6.07 Å². The van der Waals surface area contributed by atoms with E-state index in [4.69, 9.17) is 9.41 Å². The lowest BCUT2D eigenvalue weighted by atomic mass is 10.3. The van der Waals surface area contributed by atoms with Crippen LogP contribution in [-0.2, 0) is 24.8 Å². The first kappa shape index (κ1) is 22.3. The minimum Gasteiger partial charge on any atom is -0.469 e. The molecule has 0 aromatic carbocycles. The number of carbonyl (C=O) groups excluding carboxylic acids is 1. The lowest BCUT2D eigenvalue weighted by Crippen LogP contribution is -2.55. The highest BCUT2D eigenvalue weighted by Crippen LogP contribution is 2.16. The molecule has 1 N–H and O–H groups in total. The van der Waals surface area contributed by atoms with Crippen LogP contribution in [0, 0.1) is 0 Å². The molecule has 0 spiro atoms. The molecule has 1 aliphatic heterocycles. The summed E-state index contributed by atoms with van der Waals surface area (Å²) in [6, 6.07) is 7.94. The molecule has 30 heavy (non-hydrogen) atoms. The average molecular weight is 540 g/mol. The molecule has 0 unspecified atom stereocenters. The van der Waals surface area contributed by atoms with Crippen LogP contribution in [0.1, 0.15) is 10.6 Å². The Hall–Kier alpha value is -2.34. The largest absolute Gasteiger partial charge is 0.469 e. The fourth-order valence-corrected chi connectivity index (χ4v) is 3.88. The number of carbonyl (C=O) groups is 1. The number of hydrogen-bond acceptors (Lipinski definition) is 5. The first-order chi connectivity index (χ1) is 14.2. The predicted molar refractivity (Wildman–Crippen MR) is 128 cm³/mol. The molecule has 3 aromatic rings. The van der Waals surface area contributed by atoms with Crippen LogP contribution in [0.3, 0.4) is 0 Å². The third kappa shape index (κ3) is 5.63. The van der Waals surface area contributed by atoms with Crippen LogP contribution in [0.5, 0.6) is 0 Å². The number of hydrogen-bond donors (Lipinski definition) is 1. The molecular formula is C20H25IN6O2S. The smallest absolute Gasteiger partial charge is 0.246 e. The minimum absolute atomic E-state index is 0. The Morgan fingerprint density at radius 1 is 1.33 bits per heavy atom. The molecule has 160 valence electrons. The van der Waals surface area contributed by atoms with Crippen molar-refractivity contribution in [1.29, 1.82) is 0 Å². The molecular weight excluding hydrogens is 515 g/mol. The van der Waals surface area contributed by atoms with E-state index >= 15 is 0 Å². The second-order valence-electron chi connectivity index (χ2n) is 6.81. The van der Waals surface area contributed by atoms with Crippen LogP contribution in [0.4, 0.5) is 5.69 Å². The van der Waals surface area contributed by atoms with Gasteiger partial charge in [-0.05, 0) is 23.6 Å². The van der Waals surface area contributed by atoms with Crippen LogP contribution in [0.2, 0.25) is 0 Å². The molecule has 4 rings (SSSR count). The summed E-state index contributed by atoms with van der Waals surface area (Å²) >= 11 is 1.68. The first-order valence-electron chi connectivity index (χ1n) is 9.56. The fraction of sp³-hybridized carbons (Fsp3) is 0.350. The van der Waals surface area contributed by atoms with Gasteiger partial charge in [0.1, 0.15) is 12.3 Å².